The molecule has 1 rings (SSSR count). The molecule has 0 atom stereocenters. The van der Waals surface area contributed by atoms with Gasteiger partial charge < -0.3 is 10.1 Å². The Balaban J connectivity index is 2.78. The van der Waals surface area contributed by atoms with Crippen LogP contribution in [0.25, 0.3) is 0 Å². The topological polar surface area (TPSA) is 64.7 Å². The summed E-state index contributed by atoms with van der Waals surface area (Å²) in [4.78, 5) is 13.8. The summed E-state index contributed by atoms with van der Waals surface area (Å²) in [5, 5.41) is 13.2. The van der Waals surface area contributed by atoms with Crippen molar-refractivity contribution in [2.45, 2.75) is 0 Å². The van der Waals surface area contributed by atoms with Gasteiger partial charge in [-0.05, 0) is 11.0 Å². The number of allylic oxidation sites excluding steroid dienone is 2. The van der Waals surface area contributed by atoms with E-state index in [9.17, 15) is 10.1 Å². The summed E-state index contributed by atoms with van der Waals surface area (Å²) in [6, 6.07) is 0. The fourth-order valence-corrected chi connectivity index (χ4v) is 0.431. The van der Waals surface area contributed by atoms with Crippen molar-refractivity contribution >= 4 is 5.84 Å². The predicted molar refractivity (Wildman–Crippen MR) is 33.8 cm³/mol. The molecule has 0 bridgehead atoms. The number of amidine groups is 1. The molecule has 5 nitrogen and oxygen atoms in total. The highest BCUT2D eigenvalue weighted by Crippen LogP contribution is 1.92. The van der Waals surface area contributed by atoms with Gasteiger partial charge in [0.15, 0.2) is 5.16 Å². The van der Waals surface area contributed by atoms with E-state index in [-0.39, 0.29) is 5.84 Å². The van der Waals surface area contributed by atoms with Crippen LogP contribution in [0.4, 0.5) is 0 Å². The highest BCUT2D eigenvalue weighted by Gasteiger charge is 2.08. The van der Waals surface area contributed by atoms with Crippen LogP contribution in [0.15, 0.2) is 29.6 Å². The van der Waals surface area contributed by atoms with Crippen molar-refractivity contribution in [1.29, 1.82) is 0 Å². The molecular formula is C5H4N2O3. The normalized spacial score (nSPS) is 15.4. The number of hydrogen-bond acceptors (Lipinski definition) is 4. The quantitative estimate of drug-likeness (QED) is 0.367. The minimum atomic E-state index is -0.622. The van der Waals surface area contributed by atoms with E-state index in [0.29, 0.717) is 0 Å². The van der Waals surface area contributed by atoms with Gasteiger partial charge in [-0.2, -0.15) is 0 Å². The van der Waals surface area contributed by atoms with Gasteiger partial charge in [-0.15, -0.1) is 0 Å². The monoisotopic (exact) mass is 140 g/mol. The first-order chi connectivity index (χ1) is 4.80. The van der Waals surface area contributed by atoms with Crippen LogP contribution < -0.4 is 0 Å². The molecule has 1 aliphatic heterocycles. The molecule has 0 unspecified atom stereocenters. The van der Waals surface area contributed by atoms with E-state index in [4.69, 9.17) is 0 Å². The first-order valence-electron chi connectivity index (χ1n) is 2.52. The molecule has 0 aliphatic carbocycles. The van der Waals surface area contributed by atoms with E-state index >= 15 is 0 Å². The molecule has 52 valence electrons. The molecule has 10 heavy (non-hydrogen) atoms. The van der Waals surface area contributed by atoms with E-state index in [1.54, 1.807) is 0 Å². The lowest BCUT2D eigenvalue weighted by Crippen LogP contribution is -2.07. The lowest BCUT2D eigenvalue weighted by Gasteiger charge is -1.86. The Kier molecular flexibility index (Phi) is 1.79. The second kappa shape index (κ2) is 2.77. The van der Waals surface area contributed by atoms with Gasteiger partial charge in [0.05, 0.1) is 0 Å². The Labute approximate surface area is 56.4 Å². The number of hydrogen-bond donors (Lipinski definition) is 0. The minimum absolute atomic E-state index is 0.301. The zero-order valence-corrected chi connectivity index (χ0v) is 4.93. The van der Waals surface area contributed by atoms with E-state index in [1.807, 2.05) is 0 Å². The molecule has 0 amide bonds. The Morgan fingerprint density at radius 3 is 3.10 bits per heavy atom. The van der Waals surface area contributed by atoms with Gasteiger partial charge in [-0.3, -0.25) is 4.84 Å². The number of oxime groups is 1. The smallest absolute Gasteiger partial charge is 0.358 e. The molecule has 0 aromatic carbocycles. The maximum absolute atomic E-state index is 10.0. The Hall–Kier alpha value is -1.65. The lowest BCUT2D eigenvalue weighted by atomic mass is 10.4. The fourth-order valence-electron chi connectivity index (χ4n) is 0.431. The molecule has 0 saturated carbocycles. The van der Waals surface area contributed by atoms with Crippen molar-refractivity contribution in [3.05, 3.63) is 34.6 Å². The predicted octanol–water partition coefficient (Wildman–Crippen LogP) is 0.677. The summed E-state index contributed by atoms with van der Waals surface area (Å²) in [5.74, 6) is -0.301. The van der Waals surface area contributed by atoms with Crippen LogP contribution in [-0.2, 0) is 4.84 Å². The zero-order valence-electron chi connectivity index (χ0n) is 4.93. The third kappa shape index (κ3) is 1.41. The summed E-state index contributed by atoms with van der Waals surface area (Å²) in [7, 11) is 0. The van der Waals surface area contributed by atoms with E-state index in [0.717, 1.165) is 0 Å². The van der Waals surface area contributed by atoms with Crippen LogP contribution in [0, 0.1) is 10.1 Å². The van der Waals surface area contributed by atoms with Crippen molar-refractivity contribution < 1.29 is 9.76 Å². The summed E-state index contributed by atoms with van der Waals surface area (Å²) >= 11 is 0. The van der Waals surface area contributed by atoms with E-state index < -0.39 is 4.92 Å². The molecule has 1 heterocycles. The summed E-state index contributed by atoms with van der Waals surface area (Å²) in [5.41, 5.74) is 0. The van der Waals surface area contributed by atoms with Gasteiger partial charge in [0.1, 0.15) is 6.26 Å². The van der Waals surface area contributed by atoms with Crippen molar-refractivity contribution in [2.24, 2.45) is 5.16 Å². The van der Waals surface area contributed by atoms with Crippen LogP contribution >= 0.6 is 0 Å². The van der Waals surface area contributed by atoms with Crippen molar-refractivity contribution in [3.63, 3.8) is 0 Å². The molecule has 0 aromatic heterocycles. The van der Waals surface area contributed by atoms with Crippen LogP contribution in [-0.4, -0.2) is 10.8 Å². The van der Waals surface area contributed by atoms with Crippen LogP contribution in [0.2, 0.25) is 0 Å². The van der Waals surface area contributed by atoms with Crippen LogP contribution in [0.1, 0.15) is 0 Å². The van der Waals surface area contributed by atoms with Crippen molar-refractivity contribution in [3.8, 4) is 0 Å². The maximum Gasteiger partial charge on any atom is 0.410 e. The summed E-state index contributed by atoms with van der Waals surface area (Å²) in [6.07, 6.45) is 5.51. The standard InChI is InChI=1S/C5H4N2O3/c8-7(9)5-3-1-2-4-10-6-5/h1-4H. The van der Waals surface area contributed by atoms with Crippen LogP contribution in [0.3, 0.4) is 0 Å². The number of nitrogens with zero attached hydrogens (tertiary/aromatic N) is 2. The van der Waals surface area contributed by atoms with Gasteiger partial charge in [0.25, 0.3) is 0 Å². The molecule has 0 saturated heterocycles. The Bertz CT molecular complexity index is 229. The average molecular weight is 140 g/mol. The van der Waals surface area contributed by atoms with Crippen molar-refractivity contribution in [1.82, 2.24) is 0 Å². The van der Waals surface area contributed by atoms with Gasteiger partial charge in [0.2, 0.25) is 0 Å². The number of nitro groups is 1. The zero-order chi connectivity index (χ0) is 7.40. The lowest BCUT2D eigenvalue weighted by molar-refractivity contribution is -0.350. The average Bonchev–Trinajstić information content (AvgIpc) is 2.12. The molecule has 0 aromatic rings. The van der Waals surface area contributed by atoms with Crippen LogP contribution in [0.5, 0.6) is 0 Å². The van der Waals surface area contributed by atoms with Crippen molar-refractivity contribution in [2.75, 3.05) is 0 Å². The second-order valence-corrected chi connectivity index (χ2v) is 1.50. The highest BCUT2D eigenvalue weighted by molar-refractivity contribution is 5.85. The number of rotatable bonds is 0. The highest BCUT2D eigenvalue weighted by atomic mass is 16.7. The molecule has 0 N–H and O–H groups in total. The third-order valence-electron chi connectivity index (χ3n) is 0.829. The van der Waals surface area contributed by atoms with E-state index in [2.05, 4.69) is 9.99 Å². The SMILES string of the molecule is O=[N+]([O-])C1=NOC=CC=C1. The molecule has 1 aliphatic rings. The Morgan fingerprint density at radius 2 is 2.40 bits per heavy atom. The Morgan fingerprint density at radius 1 is 1.60 bits per heavy atom. The van der Waals surface area contributed by atoms with Gasteiger partial charge in [0, 0.05) is 6.08 Å². The maximum atomic E-state index is 10.0. The first kappa shape index (κ1) is 6.47. The van der Waals surface area contributed by atoms with Gasteiger partial charge in [-0.25, -0.2) is 0 Å². The molecule has 0 radical (unpaired) electrons. The third-order valence-corrected chi connectivity index (χ3v) is 0.829. The minimum Gasteiger partial charge on any atom is -0.358 e. The van der Waals surface area contributed by atoms with E-state index in [1.165, 1.54) is 24.5 Å². The van der Waals surface area contributed by atoms with Gasteiger partial charge >= 0.3 is 5.84 Å². The van der Waals surface area contributed by atoms with Gasteiger partial charge in [-0.1, -0.05) is 6.08 Å². The second-order valence-electron chi connectivity index (χ2n) is 1.50. The first-order valence-corrected chi connectivity index (χ1v) is 2.52. The molecule has 0 fully saturated rings. The molecular weight excluding hydrogens is 136 g/mol. The summed E-state index contributed by atoms with van der Waals surface area (Å²) in [6.45, 7) is 0. The molecule has 5 heteroatoms. The molecule has 0 spiro atoms. The largest absolute Gasteiger partial charge is 0.410 e. The fraction of sp³-hybridized carbons (Fsp3) is 0. The summed E-state index contributed by atoms with van der Waals surface area (Å²) < 4.78 is 0.